The lowest BCUT2D eigenvalue weighted by Crippen LogP contribution is -2.42. The summed E-state index contributed by atoms with van der Waals surface area (Å²) in [6.07, 6.45) is -2.34. The zero-order valence-electron chi connectivity index (χ0n) is 9.85. The normalized spacial score (nSPS) is 15.4. The first-order valence-electron chi connectivity index (χ1n) is 5.46. The Morgan fingerprint density at radius 1 is 1.47 bits per heavy atom. The van der Waals surface area contributed by atoms with Crippen molar-refractivity contribution in [3.05, 3.63) is 28.2 Å². The average molecular weight is 330 g/mol. The molecular weight excluding hydrogens is 321 g/mol. The van der Waals surface area contributed by atoms with Crippen LogP contribution >= 0.6 is 15.9 Å². The van der Waals surface area contributed by atoms with E-state index in [0.717, 1.165) is 0 Å². The molecular formula is C12H9BrFNO4. The summed E-state index contributed by atoms with van der Waals surface area (Å²) >= 11 is 3.13. The minimum Gasteiger partial charge on any atom is -0.462 e. The van der Waals surface area contributed by atoms with Crippen LogP contribution in [-0.4, -0.2) is 30.6 Å². The fourth-order valence-electron chi connectivity index (χ4n) is 1.80. The van der Waals surface area contributed by atoms with Gasteiger partial charge in [-0.25, -0.2) is 9.18 Å². The van der Waals surface area contributed by atoms with Gasteiger partial charge in [0.05, 0.1) is 17.9 Å². The van der Waals surface area contributed by atoms with Crippen LogP contribution in [0.1, 0.15) is 17.3 Å². The van der Waals surface area contributed by atoms with Crippen LogP contribution < -0.4 is 4.90 Å². The molecule has 1 aromatic carbocycles. The maximum Gasteiger partial charge on any atom is 0.362 e. The monoisotopic (exact) mass is 329 g/mol. The molecule has 7 heteroatoms. The van der Waals surface area contributed by atoms with E-state index in [2.05, 4.69) is 20.7 Å². The number of ether oxygens (including phenoxy) is 1. The number of benzene rings is 1. The molecule has 0 N–H and O–H groups in total. The van der Waals surface area contributed by atoms with Gasteiger partial charge in [-0.1, -0.05) is 6.07 Å². The second-order valence-corrected chi connectivity index (χ2v) is 4.58. The summed E-state index contributed by atoms with van der Waals surface area (Å²) in [5.74, 6) is -3.13. The van der Waals surface area contributed by atoms with Crippen LogP contribution in [-0.2, 0) is 14.3 Å². The van der Waals surface area contributed by atoms with Crippen molar-refractivity contribution >= 4 is 39.3 Å². The topological polar surface area (TPSA) is 63.7 Å². The van der Waals surface area contributed by atoms with Crippen molar-refractivity contribution in [1.82, 2.24) is 0 Å². The molecule has 100 valence electrons. The number of carbonyl (C=O) groups excluding carboxylic acids is 3. The highest BCUT2D eigenvalue weighted by Crippen LogP contribution is 2.37. The number of anilines is 1. The molecule has 0 spiro atoms. The van der Waals surface area contributed by atoms with Gasteiger partial charge in [0.2, 0.25) is 0 Å². The highest BCUT2D eigenvalue weighted by molar-refractivity contribution is 9.10. The molecule has 19 heavy (non-hydrogen) atoms. The summed E-state index contributed by atoms with van der Waals surface area (Å²) in [5.41, 5.74) is 0.115. The minimum atomic E-state index is -2.34. The predicted octanol–water partition coefficient (Wildman–Crippen LogP) is 1.84. The molecule has 1 unspecified atom stereocenters. The van der Waals surface area contributed by atoms with Gasteiger partial charge in [-0.2, -0.15) is 0 Å². The summed E-state index contributed by atoms with van der Waals surface area (Å²) < 4.78 is 18.9. The number of rotatable bonds is 3. The Bertz CT molecular complexity index is 575. The minimum absolute atomic E-state index is 0.0158. The number of fused-ring (bicyclic) bond motifs is 1. The highest BCUT2D eigenvalue weighted by Gasteiger charge is 2.44. The molecule has 0 aromatic heterocycles. The molecule has 0 bridgehead atoms. The number of halogens is 2. The van der Waals surface area contributed by atoms with Crippen LogP contribution in [0.4, 0.5) is 10.1 Å². The Morgan fingerprint density at radius 3 is 2.79 bits per heavy atom. The number of hydrogen-bond acceptors (Lipinski definition) is 4. The summed E-state index contributed by atoms with van der Waals surface area (Å²) in [6, 6.07) is 4.50. The van der Waals surface area contributed by atoms with E-state index >= 15 is 0 Å². The van der Waals surface area contributed by atoms with Gasteiger partial charge in [0, 0.05) is 4.47 Å². The van der Waals surface area contributed by atoms with Crippen molar-refractivity contribution in [2.75, 3.05) is 11.5 Å². The van der Waals surface area contributed by atoms with Crippen molar-refractivity contribution in [3.8, 4) is 0 Å². The van der Waals surface area contributed by atoms with Crippen LogP contribution in [0.5, 0.6) is 0 Å². The molecule has 1 aliphatic heterocycles. The standard InChI is InChI=1S/C12H9BrFNO4/c1-2-19-12(18)10(14)15-8-6(9(16)11(15)17)4-3-5-7(8)13/h3-5,10H,2H2,1H3. The molecule has 1 atom stereocenters. The fraction of sp³-hybridized carbons (Fsp3) is 0.250. The van der Waals surface area contributed by atoms with Gasteiger partial charge in [-0.15, -0.1) is 0 Å². The van der Waals surface area contributed by atoms with Crippen molar-refractivity contribution in [3.63, 3.8) is 0 Å². The summed E-state index contributed by atoms with van der Waals surface area (Å²) in [7, 11) is 0. The first-order chi connectivity index (χ1) is 8.99. The van der Waals surface area contributed by atoms with Gasteiger partial charge in [0.25, 0.3) is 12.1 Å². The molecule has 1 aromatic rings. The molecule has 0 aliphatic carbocycles. The average Bonchev–Trinajstić information content (AvgIpc) is 2.64. The smallest absolute Gasteiger partial charge is 0.362 e. The molecule has 0 fully saturated rings. The molecule has 0 saturated heterocycles. The Hall–Kier alpha value is -1.76. The van der Waals surface area contributed by atoms with E-state index in [1.165, 1.54) is 13.0 Å². The van der Waals surface area contributed by atoms with E-state index in [-0.39, 0.29) is 17.9 Å². The molecule has 5 nitrogen and oxygen atoms in total. The molecule has 1 amide bonds. The zero-order valence-corrected chi connectivity index (χ0v) is 11.4. The second-order valence-electron chi connectivity index (χ2n) is 3.73. The van der Waals surface area contributed by atoms with Gasteiger partial charge >= 0.3 is 11.9 Å². The van der Waals surface area contributed by atoms with E-state index in [1.807, 2.05) is 0 Å². The zero-order chi connectivity index (χ0) is 14.2. The number of alkyl halides is 1. The third-order valence-electron chi connectivity index (χ3n) is 2.59. The van der Waals surface area contributed by atoms with E-state index in [9.17, 15) is 18.8 Å². The highest BCUT2D eigenvalue weighted by atomic mass is 79.9. The molecule has 0 radical (unpaired) electrons. The maximum absolute atomic E-state index is 14.0. The van der Waals surface area contributed by atoms with Crippen LogP contribution in [0.3, 0.4) is 0 Å². The summed E-state index contributed by atoms with van der Waals surface area (Å²) in [4.78, 5) is 35.4. The maximum atomic E-state index is 14.0. The number of nitrogens with zero attached hydrogens (tertiary/aromatic N) is 1. The van der Waals surface area contributed by atoms with Gasteiger partial charge in [-0.3, -0.25) is 14.5 Å². The van der Waals surface area contributed by atoms with Crippen molar-refractivity contribution in [2.24, 2.45) is 0 Å². The van der Waals surface area contributed by atoms with Gasteiger partial charge in [0.1, 0.15) is 0 Å². The van der Waals surface area contributed by atoms with E-state index in [4.69, 9.17) is 0 Å². The van der Waals surface area contributed by atoms with E-state index in [0.29, 0.717) is 9.37 Å². The number of Topliss-reactive ketones (excluding diaryl/α,β-unsaturated/α-hetero) is 1. The van der Waals surface area contributed by atoms with Crippen LogP contribution in [0.15, 0.2) is 22.7 Å². The Morgan fingerprint density at radius 2 is 2.16 bits per heavy atom. The van der Waals surface area contributed by atoms with E-state index in [1.54, 1.807) is 12.1 Å². The number of ketones is 1. The van der Waals surface area contributed by atoms with Gasteiger partial charge < -0.3 is 4.74 Å². The lowest BCUT2D eigenvalue weighted by atomic mass is 10.1. The van der Waals surface area contributed by atoms with Gasteiger partial charge in [0.15, 0.2) is 0 Å². The van der Waals surface area contributed by atoms with Crippen LogP contribution in [0.2, 0.25) is 0 Å². The van der Waals surface area contributed by atoms with Gasteiger partial charge in [-0.05, 0) is 35.0 Å². The van der Waals surface area contributed by atoms with Crippen LogP contribution in [0.25, 0.3) is 0 Å². The first-order valence-corrected chi connectivity index (χ1v) is 6.25. The molecule has 1 aliphatic rings. The Kier molecular flexibility index (Phi) is 3.66. The second kappa shape index (κ2) is 5.08. The lowest BCUT2D eigenvalue weighted by molar-refractivity contribution is -0.150. The Balaban J connectivity index is 2.46. The number of hydrogen-bond donors (Lipinski definition) is 0. The fourth-order valence-corrected chi connectivity index (χ4v) is 2.36. The predicted molar refractivity (Wildman–Crippen MR) is 67.5 cm³/mol. The number of carbonyl (C=O) groups is 3. The summed E-state index contributed by atoms with van der Waals surface area (Å²) in [5, 5.41) is 0. The third kappa shape index (κ3) is 2.14. The van der Waals surface area contributed by atoms with Crippen molar-refractivity contribution < 1.29 is 23.5 Å². The van der Waals surface area contributed by atoms with Crippen molar-refractivity contribution in [2.45, 2.75) is 13.2 Å². The molecule has 2 rings (SSSR count). The quantitative estimate of drug-likeness (QED) is 0.482. The van der Waals surface area contributed by atoms with E-state index < -0.39 is 24.0 Å². The number of amides is 1. The SMILES string of the molecule is CCOC(=O)C(F)N1C(=O)C(=O)c2cccc(Br)c21. The molecule has 0 saturated carbocycles. The number of para-hydroxylation sites is 1. The lowest BCUT2D eigenvalue weighted by Gasteiger charge is -2.20. The Labute approximate surface area is 116 Å². The third-order valence-corrected chi connectivity index (χ3v) is 3.23. The largest absolute Gasteiger partial charge is 0.462 e. The van der Waals surface area contributed by atoms with Crippen LogP contribution in [0, 0.1) is 0 Å². The molecule has 1 heterocycles. The first kappa shape index (κ1) is 13.7. The van der Waals surface area contributed by atoms with Crippen molar-refractivity contribution in [1.29, 1.82) is 0 Å². The summed E-state index contributed by atoms with van der Waals surface area (Å²) in [6.45, 7) is 1.50. The number of esters is 1.